The van der Waals surface area contributed by atoms with E-state index in [4.69, 9.17) is 14.4 Å². The van der Waals surface area contributed by atoms with Crippen molar-refractivity contribution in [2.24, 2.45) is 0 Å². The van der Waals surface area contributed by atoms with Crippen molar-refractivity contribution in [2.45, 2.75) is 6.42 Å². The number of nitrogens with zero attached hydrogens (tertiary/aromatic N) is 1. The lowest BCUT2D eigenvalue weighted by atomic mass is 10.1. The molecule has 0 aliphatic rings. The quantitative estimate of drug-likeness (QED) is 0.725. The Morgan fingerprint density at radius 3 is 3.07 bits per heavy atom. The van der Waals surface area contributed by atoms with Crippen molar-refractivity contribution in [3.05, 3.63) is 30.0 Å². The van der Waals surface area contributed by atoms with Gasteiger partial charge in [-0.25, -0.2) is 0 Å². The first-order valence-corrected chi connectivity index (χ1v) is 4.26. The van der Waals surface area contributed by atoms with Gasteiger partial charge in [0.2, 0.25) is 0 Å². The standard InChI is InChI=1S/C11H9NO2/c1-13-10-7-8(2-4-12)6-9-3-5-14-11(9)10/h3,5-7H,2H2,1H3. The molecule has 2 aromatic rings. The second kappa shape index (κ2) is 3.43. The molecule has 0 aliphatic heterocycles. The van der Waals surface area contributed by atoms with Gasteiger partial charge >= 0.3 is 0 Å². The first-order chi connectivity index (χ1) is 6.85. The summed E-state index contributed by atoms with van der Waals surface area (Å²) in [4.78, 5) is 0. The molecule has 0 radical (unpaired) electrons. The summed E-state index contributed by atoms with van der Waals surface area (Å²) in [5, 5.41) is 9.56. The van der Waals surface area contributed by atoms with Crippen molar-refractivity contribution < 1.29 is 9.15 Å². The van der Waals surface area contributed by atoms with Crippen LogP contribution < -0.4 is 4.74 Å². The molecule has 1 heterocycles. The molecule has 0 saturated carbocycles. The number of rotatable bonds is 2. The fraction of sp³-hybridized carbons (Fsp3) is 0.182. The number of furan rings is 1. The van der Waals surface area contributed by atoms with E-state index in [1.54, 1.807) is 13.4 Å². The number of fused-ring (bicyclic) bond motifs is 1. The van der Waals surface area contributed by atoms with Crippen LogP contribution in [0.25, 0.3) is 11.0 Å². The van der Waals surface area contributed by atoms with Crippen molar-refractivity contribution >= 4 is 11.0 Å². The van der Waals surface area contributed by atoms with Gasteiger partial charge in [-0.15, -0.1) is 0 Å². The molecule has 0 bridgehead atoms. The summed E-state index contributed by atoms with van der Waals surface area (Å²) in [6.07, 6.45) is 2.00. The van der Waals surface area contributed by atoms with Gasteiger partial charge in [0.15, 0.2) is 11.3 Å². The molecule has 0 unspecified atom stereocenters. The highest BCUT2D eigenvalue weighted by molar-refractivity contribution is 5.84. The summed E-state index contributed by atoms with van der Waals surface area (Å²) in [7, 11) is 1.59. The monoisotopic (exact) mass is 187 g/mol. The summed E-state index contributed by atoms with van der Waals surface area (Å²) >= 11 is 0. The Bertz CT molecular complexity index is 493. The maximum absolute atomic E-state index is 8.59. The molecule has 0 fully saturated rings. The summed E-state index contributed by atoms with van der Waals surface area (Å²) in [6, 6.07) is 7.73. The minimum Gasteiger partial charge on any atom is -0.493 e. The SMILES string of the molecule is COc1cc(CC#N)cc2ccoc12. The molecule has 2 rings (SSSR count). The molecule has 14 heavy (non-hydrogen) atoms. The number of methoxy groups -OCH3 is 1. The van der Waals surface area contributed by atoms with Crippen LogP contribution in [0.15, 0.2) is 28.9 Å². The lowest BCUT2D eigenvalue weighted by Gasteiger charge is -2.02. The van der Waals surface area contributed by atoms with Crippen molar-refractivity contribution in [1.82, 2.24) is 0 Å². The highest BCUT2D eigenvalue weighted by Gasteiger charge is 2.06. The first kappa shape index (κ1) is 8.64. The second-order valence-electron chi connectivity index (χ2n) is 2.97. The van der Waals surface area contributed by atoms with Crippen LogP contribution in [-0.2, 0) is 6.42 Å². The van der Waals surface area contributed by atoms with Crippen LogP contribution in [0, 0.1) is 11.3 Å². The van der Waals surface area contributed by atoms with Crippen LogP contribution in [0.5, 0.6) is 5.75 Å². The van der Waals surface area contributed by atoms with Gasteiger partial charge in [0.05, 0.1) is 25.9 Å². The summed E-state index contributed by atoms with van der Waals surface area (Å²) in [5.41, 5.74) is 1.67. The fourth-order valence-corrected chi connectivity index (χ4v) is 1.45. The Morgan fingerprint density at radius 1 is 1.50 bits per heavy atom. The smallest absolute Gasteiger partial charge is 0.175 e. The molecule has 0 N–H and O–H groups in total. The van der Waals surface area contributed by atoms with Crippen molar-refractivity contribution in [3.8, 4) is 11.8 Å². The number of benzene rings is 1. The Labute approximate surface area is 81.5 Å². The van der Waals surface area contributed by atoms with Crippen LogP contribution in [-0.4, -0.2) is 7.11 Å². The van der Waals surface area contributed by atoms with Gasteiger partial charge < -0.3 is 9.15 Å². The van der Waals surface area contributed by atoms with E-state index in [1.807, 2.05) is 18.2 Å². The van der Waals surface area contributed by atoms with Gasteiger partial charge in [0.1, 0.15) is 0 Å². The molecule has 1 aromatic heterocycles. The molecule has 0 atom stereocenters. The molecule has 0 amide bonds. The highest BCUT2D eigenvalue weighted by atomic mass is 16.5. The van der Waals surface area contributed by atoms with E-state index in [2.05, 4.69) is 6.07 Å². The highest BCUT2D eigenvalue weighted by Crippen LogP contribution is 2.28. The minimum atomic E-state index is 0.386. The zero-order chi connectivity index (χ0) is 9.97. The Balaban J connectivity index is 2.62. The van der Waals surface area contributed by atoms with Crippen molar-refractivity contribution in [3.63, 3.8) is 0 Å². The van der Waals surface area contributed by atoms with E-state index in [9.17, 15) is 0 Å². The average Bonchev–Trinajstić information content (AvgIpc) is 2.65. The van der Waals surface area contributed by atoms with E-state index in [1.165, 1.54) is 0 Å². The fourth-order valence-electron chi connectivity index (χ4n) is 1.45. The van der Waals surface area contributed by atoms with Gasteiger partial charge in [-0.1, -0.05) is 0 Å². The van der Waals surface area contributed by atoms with E-state index in [-0.39, 0.29) is 0 Å². The van der Waals surface area contributed by atoms with Gasteiger partial charge in [0, 0.05) is 5.39 Å². The summed E-state index contributed by atoms with van der Waals surface area (Å²) in [5.74, 6) is 0.678. The zero-order valence-electron chi connectivity index (χ0n) is 7.78. The maximum Gasteiger partial charge on any atom is 0.175 e. The summed E-state index contributed by atoms with van der Waals surface area (Å²) < 4.78 is 10.4. The third kappa shape index (κ3) is 1.31. The normalized spacial score (nSPS) is 10.0. The molecule has 1 aromatic carbocycles. The second-order valence-corrected chi connectivity index (χ2v) is 2.97. The molecule has 0 saturated heterocycles. The molecule has 70 valence electrons. The summed E-state index contributed by atoms with van der Waals surface area (Å²) in [6.45, 7) is 0. The lowest BCUT2D eigenvalue weighted by Crippen LogP contribution is -1.87. The van der Waals surface area contributed by atoms with Crippen LogP contribution in [0.1, 0.15) is 5.56 Å². The Hall–Kier alpha value is -1.95. The van der Waals surface area contributed by atoms with Crippen LogP contribution in [0.4, 0.5) is 0 Å². The van der Waals surface area contributed by atoms with E-state index in [0.717, 1.165) is 16.5 Å². The third-order valence-corrected chi connectivity index (χ3v) is 2.08. The first-order valence-electron chi connectivity index (χ1n) is 4.26. The van der Waals surface area contributed by atoms with E-state index >= 15 is 0 Å². The Kier molecular flexibility index (Phi) is 2.11. The van der Waals surface area contributed by atoms with Crippen LogP contribution >= 0.6 is 0 Å². The minimum absolute atomic E-state index is 0.386. The molecule has 3 heteroatoms. The third-order valence-electron chi connectivity index (χ3n) is 2.08. The number of hydrogen-bond donors (Lipinski definition) is 0. The van der Waals surface area contributed by atoms with Crippen molar-refractivity contribution in [1.29, 1.82) is 5.26 Å². The molecule has 0 spiro atoms. The largest absolute Gasteiger partial charge is 0.493 e. The number of ether oxygens (including phenoxy) is 1. The molecule has 0 aliphatic carbocycles. The lowest BCUT2D eigenvalue weighted by molar-refractivity contribution is 0.410. The Morgan fingerprint density at radius 2 is 2.36 bits per heavy atom. The van der Waals surface area contributed by atoms with E-state index < -0.39 is 0 Å². The van der Waals surface area contributed by atoms with Crippen LogP contribution in [0.3, 0.4) is 0 Å². The van der Waals surface area contributed by atoms with Crippen molar-refractivity contribution in [2.75, 3.05) is 7.11 Å². The maximum atomic E-state index is 8.59. The predicted molar refractivity (Wildman–Crippen MR) is 52.1 cm³/mol. The van der Waals surface area contributed by atoms with Gasteiger partial charge in [-0.05, 0) is 23.8 Å². The van der Waals surface area contributed by atoms with E-state index in [0.29, 0.717) is 12.2 Å². The molecular formula is C11H9NO2. The van der Waals surface area contributed by atoms with Gasteiger partial charge in [-0.2, -0.15) is 5.26 Å². The average molecular weight is 187 g/mol. The van der Waals surface area contributed by atoms with Crippen LogP contribution in [0.2, 0.25) is 0 Å². The number of hydrogen-bond acceptors (Lipinski definition) is 3. The molecule has 3 nitrogen and oxygen atoms in total. The predicted octanol–water partition coefficient (Wildman–Crippen LogP) is 2.51. The molecular weight excluding hydrogens is 178 g/mol. The van der Waals surface area contributed by atoms with Gasteiger partial charge in [0.25, 0.3) is 0 Å². The topological polar surface area (TPSA) is 46.2 Å². The van der Waals surface area contributed by atoms with Gasteiger partial charge in [-0.3, -0.25) is 0 Å². The zero-order valence-corrected chi connectivity index (χ0v) is 7.78. The number of nitriles is 1.